The first kappa shape index (κ1) is 24.6. The molecule has 1 aliphatic heterocycles. The molecule has 2 N–H and O–H groups in total. The molecule has 2 aromatic carbocycles. The van der Waals surface area contributed by atoms with Crippen molar-refractivity contribution in [2.75, 3.05) is 67.8 Å². The molecule has 7 heteroatoms. The highest BCUT2D eigenvalue weighted by Gasteiger charge is 2.25. The molecule has 1 saturated heterocycles. The average Bonchev–Trinajstić information content (AvgIpc) is 2.83. The van der Waals surface area contributed by atoms with Crippen LogP contribution in [0.5, 0.6) is 5.75 Å². The molecular formula is C28H38N6O. The molecule has 186 valence electrons. The Labute approximate surface area is 209 Å². The van der Waals surface area contributed by atoms with Crippen molar-refractivity contribution < 1.29 is 4.74 Å². The van der Waals surface area contributed by atoms with Crippen molar-refractivity contribution in [1.82, 2.24) is 9.97 Å². The van der Waals surface area contributed by atoms with E-state index in [1.54, 1.807) is 7.11 Å². The number of anilines is 4. The van der Waals surface area contributed by atoms with Gasteiger partial charge in [0.1, 0.15) is 11.4 Å². The SMILES string of the molecule is COc1ccc(N2CCN(c3nc(N)c(-c4cc(C(C)(C)C)ccc4C)nc3N(C)C)CC2)cc1. The van der Waals surface area contributed by atoms with Crippen LogP contribution in [0.2, 0.25) is 0 Å². The van der Waals surface area contributed by atoms with Crippen LogP contribution >= 0.6 is 0 Å². The summed E-state index contributed by atoms with van der Waals surface area (Å²) in [4.78, 5) is 16.7. The maximum atomic E-state index is 6.56. The topological polar surface area (TPSA) is 70.8 Å². The molecule has 1 fully saturated rings. The van der Waals surface area contributed by atoms with Crippen LogP contribution in [0.25, 0.3) is 11.3 Å². The predicted octanol–water partition coefficient (Wildman–Crippen LogP) is 4.73. The number of rotatable bonds is 5. The van der Waals surface area contributed by atoms with E-state index < -0.39 is 0 Å². The molecule has 0 radical (unpaired) electrons. The summed E-state index contributed by atoms with van der Waals surface area (Å²) in [7, 11) is 5.72. The zero-order valence-corrected chi connectivity index (χ0v) is 22.1. The van der Waals surface area contributed by atoms with Crippen molar-refractivity contribution in [2.45, 2.75) is 33.1 Å². The summed E-state index contributed by atoms with van der Waals surface area (Å²) in [6.07, 6.45) is 0. The molecule has 0 saturated carbocycles. The van der Waals surface area contributed by atoms with Crippen molar-refractivity contribution in [3.63, 3.8) is 0 Å². The summed E-state index contributed by atoms with van der Waals surface area (Å²) < 4.78 is 5.29. The highest BCUT2D eigenvalue weighted by atomic mass is 16.5. The van der Waals surface area contributed by atoms with Crippen molar-refractivity contribution in [3.8, 4) is 17.0 Å². The van der Waals surface area contributed by atoms with Crippen LogP contribution in [0.15, 0.2) is 42.5 Å². The van der Waals surface area contributed by atoms with Crippen LogP contribution in [0, 0.1) is 6.92 Å². The number of nitrogen functional groups attached to an aromatic ring is 1. The fourth-order valence-electron chi connectivity index (χ4n) is 4.45. The van der Waals surface area contributed by atoms with Gasteiger partial charge in [0, 0.05) is 51.5 Å². The molecule has 0 unspecified atom stereocenters. The van der Waals surface area contributed by atoms with E-state index >= 15 is 0 Å². The van der Waals surface area contributed by atoms with Gasteiger partial charge in [0.25, 0.3) is 0 Å². The van der Waals surface area contributed by atoms with Crippen LogP contribution in [0.3, 0.4) is 0 Å². The minimum atomic E-state index is 0.0402. The molecule has 1 aromatic heterocycles. The number of benzene rings is 2. The predicted molar refractivity (Wildman–Crippen MR) is 147 cm³/mol. The molecule has 35 heavy (non-hydrogen) atoms. The molecule has 2 heterocycles. The Morgan fingerprint density at radius 2 is 1.54 bits per heavy atom. The maximum absolute atomic E-state index is 6.56. The van der Waals surface area contributed by atoms with Gasteiger partial charge in [0.2, 0.25) is 0 Å². The van der Waals surface area contributed by atoms with Crippen LogP contribution in [-0.4, -0.2) is 57.4 Å². The number of nitrogens with two attached hydrogens (primary N) is 1. The fourth-order valence-corrected chi connectivity index (χ4v) is 4.45. The zero-order chi connectivity index (χ0) is 25.3. The molecular weight excluding hydrogens is 436 g/mol. The number of hydrogen-bond acceptors (Lipinski definition) is 7. The number of methoxy groups -OCH3 is 1. The minimum absolute atomic E-state index is 0.0402. The quantitative estimate of drug-likeness (QED) is 0.573. The Kier molecular flexibility index (Phi) is 6.79. The molecule has 0 amide bonds. The smallest absolute Gasteiger partial charge is 0.174 e. The van der Waals surface area contributed by atoms with E-state index in [1.165, 1.54) is 11.3 Å². The van der Waals surface area contributed by atoms with Crippen molar-refractivity contribution in [3.05, 3.63) is 53.6 Å². The van der Waals surface area contributed by atoms with Crippen molar-refractivity contribution in [2.24, 2.45) is 0 Å². The van der Waals surface area contributed by atoms with Gasteiger partial charge in [-0.1, -0.05) is 32.9 Å². The lowest BCUT2D eigenvalue weighted by molar-refractivity contribution is 0.415. The largest absolute Gasteiger partial charge is 0.497 e. The van der Waals surface area contributed by atoms with E-state index in [0.717, 1.165) is 60.4 Å². The van der Waals surface area contributed by atoms with Gasteiger partial charge >= 0.3 is 0 Å². The summed E-state index contributed by atoms with van der Waals surface area (Å²) in [5.74, 6) is 3.03. The third-order valence-electron chi connectivity index (χ3n) is 6.69. The van der Waals surface area contributed by atoms with Gasteiger partial charge in [-0.25, -0.2) is 9.97 Å². The monoisotopic (exact) mass is 474 g/mol. The third-order valence-corrected chi connectivity index (χ3v) is 6.69. The molecule has 0 bridgehead atoms. The van der Waals surface area contributed by atoms with Gasteiger partial charge in [0.15, 0.2) is 17.5 Å². The summed E-state index contributed by atoms with van der Waals surface area (Å²) in [5, 5.41) is 0. The van der Waals surface area contributed by atoms with Gasteiger partial charge in [-0.15, -0.1) is 0 Å². The third kappa shape index (κ3) is 5.14. The summed E-state index contributed by atoms with van der Waals surface area (Å²) in [5.41, 5.74) is 12.0. The standard InChI is InChI=1S/C28H38N6O/c1-19-8-9-20(28(2,3)4)18-23(19)24-25(29)31-27(26(30-24)32(5)6)34-16-14-33(15-17-34)21-10-12-22(35-7)13-11-21/h8-13,18H,14-17H2,1-7H3,(H2,29,31). The number of piperazine rings is 1. The zero-order valence-electron chi connectivity index (χ0n) is 22.1. The second kappa shape index (κ2) is 9.64. The Hall–Kier alpha value is -3.48. The highest BCUT2D eigenvalue weighted by Crippen LogP contribution is 2.36. The van der Waals surface area contributed by atoms with Gasteiger partial charge in [-0.3, -0.25) is 0 Å². The van der Waals surface area contributed by atoms with E-state index in [9.17, 15) is 0 Å². The molecule has 1 aliphatic rings. The maximum Gasteiger partial charge on any atom is 0.174 e. The first-order valence-corrected chi connectivity index (χ1v) is 12.2. The van der Waals surface area contributed by atoms with Crippen LogP contribution in [-0.2, 0) is 5.41 Å². The highest BCUT2D eigenvalue weighted by molar-refractivity contribution is 5.78. The second-order valence-electron chi connectivity index (χ2n) is 10.5. The Morgan fingerprint density at radius 1 is 0.914 bits per heavy atom. The Morgan fingerprint density at radius 3 is 2.11 bits per heavy atom. The van der Waals surface area contributed by atoms with E-state index in [-0.39, 0.29) is 5.41 Å². The number of ether oxygens (including phenoxy) is 1. The first-order valence-electron chi connectivity index (χ1n) is 12.2. The molecule has 0 atom stereocenters. The minimum Gasteiger partial charge on any atom is -0.497 e. The average molecular weight is 475 g/mol. The molecule has 0 aliphatic carbocycles. The van der Waals surface area contributed by atoms with E-state index in [4.69, 9.17) is 20.4 Å². The van der Waals surface area contributed by atoms with Gasteiger partial charge in [0.05, 0.1) is 7.11 Å². The molecule has 7 nitrogen and oxygen atoms in total. The van der Waals surface area contributed by atoms with Gasteiger partial charge < -0.3 is 25.2 Å². The normalized spacial score (nSPS) is 14.3. The molecule has 0 spiro atoms. The molecule has 3 aromatic rings. The summed E-state index contributed by atoms with van der Waals surface area (Å²) in [6.45, 7) is 12.2. The fraction of sp³-hybridized carbons (Fsp3) is 0.429. The van der Waals surface area contributed by atoms with Gasteiger partial charge in [-0.2, -0.15) is 0 Å². The van der Waals surface area contributed by atoms with E-state index in [0.29, 0.717) is 5.82 Å². The number of nitrogens with zero attached hydrogens (tertiary/aromatic N) is 5. The Bertz CT molecular complexity index is 1180. The van der Waals surface area contributed by atoms with E-state index in [2.05, 4.69) is 67.8 Å². The summed E-state index contributed by atoms with van der Waals surface area (Å²) in [6, 6.07) is 14.8. The Balaban J connectivity index is 1.62. The molecule has 4 rings (SSSR count). The lowest BCUT2D eigenvalue weighted by Gasteiger charge is -2.37. The van der Waals surface area contributed by atoms with Crippen molar-refractivity contribution in [1.29, 1.82) is 0 Å². The van der Waals surface area contributed by atoms with Crippen LogP contribution in [0.4, 0.5) is 23.1 Å². The van der Waals surface area contributed by atoms with Gasteiger partial charge in [-0.05, 0) is 53.8 Å². The number of aromatic nitrogens is 2. The van der Waals surface area contributed by atoms with Crippen molar-refractivity contribution >= 4 is 23.1 Å². The second-order valence-corrected chi connectivity index (χ2v) is 10.5. The number of hydrogen-bond donors (Lipinski definition) is 1. The number of aryl methyl sites for hydroxylation is 1. The lowest BCUT2D eigenvalue weighted by Crippen LogP contribution is -2.47. The first-order chi connectivity index (χ1) is 16.6. The summed E-state index contributed by atoms with van der Waals surface area (Å²) >= 11 is 0. The lowest BCUT2D eigenvalue weighted by atomic mass is 9.85. The van der Waals surface area contributed by atoms with Crippen LogP contribution < -0.4 is 25.2 Å². The van der Waals surface area contributed by atoms with E-state index in [1.807, 2.05) is 31.1 Å². The van der Waals surface area contributed by atoms with Crippen LogP contribution in [0.1, 0.15) is 31.9 Å².